The highest BCUT2D eigenvalue weighted by Gasteiger charge is 2.23. The predicted molar refractivity (Wildman–Crippen MR) is 81.3 cm³/mol. The first-order valence-electron chi connectivity index (χ1n) is 6.72. The van der Waals surface area contributed by atoms with Crippen LogP contribution < -0.4 is 0 Å². The van der Waals surface area contributed by atoms with Crippen molar-refractivity contribution in [2.75, 3.05) is 0 Å². The van der Waals surface area contributed by atoms with Gasteiger partial charge in [0.15, 0.2) is 0 Å². The van der Waals surface area contributed by atoms with E-state index in [9.17, 15) is 13.2 Å². The Hall–Kier alpha value is -0.780. The van der Waals surface area contributed by atoms with Gasteiger partial charge in [-0.1, -0.05) is 18.5 Å². The van der Waals surface area contributed by atoms with Gasteiger partial charge in [-0.25, -0.2) is 13.2 Å². The summed E-state index contributed by atoms with van der Waals surface area (Å²) in [7, 11) is 1.33. The first kappa shape index (κ1) is 16.6. The molecule has 0 amide bonds. The van der Waals surface area contributed by atoms with Crippen molar-refractivity contribution < 1.29 is 17.9 Å². The number of ether oxygens (including phenoxy) is 1. The zero-order chi connectivity index (χ0) is 15.6. The van der Waals surface area contributed by atoms with Crippen molar-refractivity contribution in [1.29, 1.82) is 0 Å². The Bertz CT molecular complexity index is 634. The first-order chi connectivity index (χ1) is 9.75. The van der Waals surface area contributed by atoms with Gasteiger partial charge < -0.3 is 4.74 Å². The molecular weight excluding hydrogens is 335 g/mol. The zero-order valence-electron chi connectivity index (χ0n) is 11.5. The van der Waals surface area contributed by atoms with Crippen molar-refractivity contribution in [2.24, 2.45) is 5.92 Å². The van der Waals surface area contributed by atoms with Crippen molar-refractivity contribution in [2.45, 2.75) is 43.6 Å². The fourth-order valence-corrected chi connectivity index (χ4v) is 3.49. The third kappa shape index (κ3) is 4.59. The van der Waals surface area contributed by atoms with E-state index in [-0.39, 0.29) is 21.6 Å². The van der Waals surface area contributed by atoms with Gasteiger partial charge in [0.1, 0.15) is 6.10 Å². The normalized spacial score (nSPS) is 22.8. The molecule has 1 fully saturated rings. The minimum Gasteiger partial charge on any atom is -0.459 e. The van der Waals surface area contributed by atoms with E-state index >= 15 is 0 Å². The number of benzene rings is 1. The number of hydrogen-bond acceptors (Lipinski definition) is 4. The monoisotopic (exact) mass is 350 g/mol. The predicted octanol–water partition coefficient (Wildman–Crippen LogP) is 4.00. The third-order valence-electron chi connectivity index (χ3n) is 3.63. The number of carbonyl (C=O) groups excluding carboxylic acids is 1. The quantitative estimate of drug-likeness (QED) is 0.610. The zero-order valence-corrected chi connectivity index (χ0v) is 13.8. The number of hydrogen-bond donors (Lipinski definition) is 0. The molecule has 1 aliphatic carbocycles. The molecule has 1 aromatic carbocycles. The van der Waals surface area contributed by atoms with Crippen molar-refractivity contribution in [1.82, 2.24) is 0 Å². The Kier molecular flexibility index (Phi) is 5.17. The molecule has 21 heavy (non-hydrogen) atoms. The lowest BCUT2D eigenvalue weighted by Gasteiger charge is -2.26. The molecule has 0 unspecified atom stereocenters. The molecule has 0 aliphatic heterocycles. The maximum absolute atomic E-state index is 12.1. The lowest BCUT2D eigenvalue weighted by Crippen LogP contribution is -2.23. The molecule has 0 spiro atoms. The Morgan fingerprint density at radius 3 is 2.38 bits per heavy atom. The van der Waals surface area contributed by atoms with Gasteiger partial charge in [-0.2, -0.15) is 0 Å². The summed E-state index contributed by atoms with van der Waals surface area (Å²) in [5, 5.41) is 0.126. The van der Waals surface area contributed by atoms with Crippen LogP contribution in [-0.2, 0) is 13.8 Å². The van der Waals surface area contributed by atoms with Gasteiger partial charge in [0.05, 0.1) is 10.5 Å². The molecule has 0 radical (unpaired) electrons. The highest BCUT2D eigenvalue weighted by molar-refractivity contribution is 8.13. The van der Waals surface area contributed by atoms with Gasteiger partial charge in [0, 0.05) is 15.7 Å². The molecule has 0 bridgehead atoms. The summed E-state index contributed by atoms with van der Waals surface area (Å²) in [6.07, 6.45) is 3.58. The average molecular weight is 351 g/mol. The fourth-order valence-electron chi connectivity index (χ4n) is 2.39. The van der Waals surface area contributed by atoms with Gasteiger partial charge in [-0.15, -0.1) is 0 Å². The largest absolute Gasteiger partial charge is 0.459 e. The summed E-state index contributed by atoms with van der Waals surface area (Å²) in [4.78, 5) is 11.9. The standard InChI is InChI=1S/C14H16Cl2O4S/c1-9-2-4-12(5-3-9)20-14(17)10-6-11(15)8-13(7-10)21(16,18)19/h6-9,12H,2-5H2,1H3. The first-order valence-corrected chi connectivity index (χ1v) is 9.40. The van der Waals surface area contributed by atoms with Crippen LogP contribution in [0, 0.1) is 5.92 Å². The smallest absolute Gasteiger partial charge is 0.338 e. The second kappa shape index (κ2) is 6.55. The Balaban J connectivity index is 2.14. The van der Waals surface area contributed by atoms with Gasteiger partial charge in [-0.05, 0) is 49.8 Å². The van der Waals surface area contributed by atoms with Gasteiger partial charge in [-0.3, -0.25) is 0 Å². The lowest BCUT2D eigenvalue weighted by molar-refractivity contribution is 0.0173. The van der Waals surface area contributed by atoms with Gasteiger partial charge in [0.25, 0.3) is 9.05 Å². The highest BCUT2D eigenvalue weighted by atomic mass is 35.7. The van der Waals surface area contributed by atoms with E-state index in [2.05, 4.69) is 6.92 Å². The summed E-state index contributed by atoms with van der Waals surface area (Å²) >= 11 is 5.83. The molecule has 7 heteroatoms. The van der Waals surface area contributed by atoms with Crippen molar-refractivity contribution >= 4 is 37.3 Å². The van der Waals surface area contributed by atoms with Crippen LogP contribution in [-0.4, -0.2) is 20.5 Å². The number of rotatable bonds is 3. The molecule has 4 nitrogen and oxygen atoms in total. The van der Waals surface area contributed by atoms with E-state index in [1.807, 2.05) is 0 Å². The minimum atomic E-state index is -3.94. The summed E-state index contributed by atoms with van der Waals surface area (Å²) in [5.41, 5.74) is 0.0975. The Labute approximate surface area is 133 Å². The molecule has 116 valence electrons. The van der Waals surface area contributed by atoms with Crippen LogP contribution in [0.1, 0.15) is 43.0 Å². The van der Waals surface area contributed by atoms with E-state index in [0.29, 0.717) is 5.92 Å². The average Bonchev–Trinajstić information content (AvgIpc) is 2.39. The summed E-state index contributed by atoms with van der Waals surface area (Å²) in [6, 6.07) is 3.76. The molecule has 1 aromatic rings. The maximum atomic E-state index is 12.1. The van der Waals surface area contributed by atoms with E-state index < -0.39 is 15.0 Å². The van der Waals surface area contributed by atoms with Gasteiger partial charge >= 0.3 is 5.97 Å². The Morgan fingerprint density at radius 2 is 1.81 bits per heavy atom. The van der Waals surface area contributed by atoms with E-state index in [1.165, 1.54) is 18.2 Å². The SMILES string of the molecule is CC1CCC(OC(=O)c2cc(Cl)cc(S(=O)(=O)Cl)c2)CC1. The summed E-state index contributed by atoms with van der Waals surface area (Å²) in [5.74, 6) is 0.0812. The maximum Gasteiger partial charge on any atom is 0.338 e. The van der Waals surface area contributed by atoms with E-state index in [4.69, 9.17) is 27.0 Å². The molecule has 0 saturated heterocycles. The Morgan fingerprint density at radius 1 is 1.19 bits per heavy atom. The van der Waals surface area contributed by atoms with Crippen molar-refractivity contribution in [3.63, 3.8) is 0 Å². The third-order valence-corrected chi connectivity index (χ3v) is 5.18. The minimum absolute atomic E-state index is 0.0975. The topological polar surface area (TPSA) is 60.4 Å². The van der Waals surface area contributed by atoms with Crippen LogP contribution in [0.15, 0.2) is 23.1 Å². The second-order valence-electron chi connectivity index (χ2n) is 5.40. The molecule has 0 N–H and O–H groups in total. The van der Waals surface area contributed by atoms with Crippen LogP contribution in [0.2, 0.25) is 5.02 Å². The van der Waals surface area contributed by atoms with E-state index in [1.54, 1.807) is 0 Å². The summed E-state index contributed by atoms with van der Waals surface area (Å²) < 4.78 is 28.1. The second-order valence-corrected chi connectivity index (χ2v) is 8.40. The van der Waals surface area contributed by atoms with Crippen molar-refractivity contribution in [3.05, 3.63) is 28.8 Å². The highest BCUT2D eigenvalue weighted by Crippen LogP contribution is 2.27. The molecule has 0 atom stereocenters. The molecule has 0 aromatic heterocycles. The molecule has 0 heterocycles. The van der Waals surface area contributed by atoms with Gasteiger partial charge in [0.2, 0.25) is 0 Å². The fraction of sp³-hybridized carbons (Fsp3) is 0.500. The number of halogens is 2. The van der Waals surface area contributed by atoms with Crippen LogP contribution in [0.4, 0.5) is 0 Å². The number of esters is 1. The van der Waals surface area contributed by atoms with Crippen LogP contribution >= 0.6 is 22.3 Å². The summed E-state index contributed by atoms with van der Waals surface area (Å²) in [6.45, 7) is 2.17. The van der Waals surface area contributed by atoms with E-state index in [0.717, 1.165) is 25.7 Å². The molecule has 1 aliphatic rings. The van der Waals surface area contributed by atoms with Crippen LogP contribution in [0.3, 0.4) is 0 Å². The molecule has 1 saturated carbocycles. The van der Waals surface area contributed by atoms with Crippen molar-refractivity contribution in [3.8, 4) is 0 Å². The molecule has 2 rings (SSSR count). The number of carbonyl (C=O) groups is 1. The van der Waals surface area contributed by atoms with Crippen LogP contribution in [0.5, 0.6) is 0 Å². The van der Waals surface area contributed by atoms with Crippen LogP contribution in [0.25, 0.3) is 0 Å². The molecular formula is C14H16Cl2O4S. The lowest BCUT2D eigenvalue weighted by atomic mass is 9.89.